The molecule has 8 nitrogen and oxygen atoms in total. The van der Waals surface area contributed by atoms with Gasteiger partial charge >= 0.3 is 5.97 Å². The minimum atomic E-state index is -0.404. The van der Waals surface area contributed by atoms with Gasteiger partial charge in [-0.1, -0.05) is 0 Å². The number of ether oxygens (including phenoxy) is 1. The summed E-state index contributed by atoms with van der Waals surface area (Å²) in [7, 11) is 0. The highest BCUT2D eigenvalue weighted by Crippen LogP contribution is 2.08. The first kappa shape index (κ1) is 13.9. The summed E-state index contributed by atoms with van der Waals surface area (Å²) in [5.74, 6) is 0.852. The van der Waals surface area contributed by atoms with E-state index in [1.807, 2.05) is 0 Å². The summed E-state index contributed by atoms with van der Waals surface area (Å²) in [6.45, 7) is 4.45. The molecule has 0 aliphatic carbocycles. The molecule has 0 saturated heterocycles. The van der Waals surface area contributed by atoms with Crippen molar-refractivity contribution in [3.8, 4) is 0 Å². The molecule has 0 amide bonds. The van der Waals surface area contributed by atoms with Crippen LogP contribution in [0.25, 0.3) is 0 Å². The van der Waals surface area contributed by atoms with E-state index >= 15 is 0 Å². The number of rotatable bonds is 6. The quantitative estimate of drug-likeness (QED) is 0.749. The number of aromatic amines is 1. The SMILES string of the molecule is CCOC(=O)c1cnc(NCCc2ncn[nH]2)nc1C. The monoisotopic (exact) mass is 276 g/mol. The standard InChI is InChI=1S/C12H16N6O2/c1-3-20-11(19)9-6-14-12(17-8(9)2)13-5-4-10-15-7-16-18-10/h6-7H,3-5H2,1-2H3,(H,13,14,17)(H,15,16,18). The predicted octanol–water partition coefficient (Wildman–Crippen LogP) is 0.734. The summed E-state index contributed by atoms with van der Waals surface area (Å²) in [5.41, 5.74) is 0.966. The topological polar surface area (TPSA) is 106 Å². The zero-order valence-corrected chi connectivity index (χ0v) is 11.4. The van der Waals surface area contributed by atoms with E-state index in [1.54, 1.807) is 13.8 Å². The van der Waals surface area contributed by atoms with Crippen molar-refractivity contribution >= 4 is 11.9 Å². The lowest BCUT2D eigenvalue weighted by Crippen LogP contribution is -2.13. The van der Waals surface area contributed by atoms with Crippen LogP contribution in [0.1, 0.15) is 28.8 Å². The van der Waals surface area contributed by atoms with Crippen LogP contribution in [0.5, 0.6) is 0 Å². The van der Waals surface area contributed by atoms with Crippen LogP contribution in [0.4, 0.5) is 5.95 Å². The Morgan fingerprint density at radius 3 is 2.95 bits per heavy atom. The lowest BCUT2D eigenvalue weighted by atomic mass is 10.2. The van der Waals surface area contributed by atoms with Crippen LogP contribution < -0.4 is 5.32 Å². The zero-order chi connectivity index (χ0) is 14.4. The maximum absolute atomic E-state index is 11.6. The second-order valence-corrected chi connectivity index (χ2v) is 4.02. The van der Waals surface area contributed by atoms with Crippen LogP contribution in [0, 0.1) is 6.92 Å². The molecule has 0 spiro atoms. The molecule has 0 aliphatic heterocycles. The van der Waals surface area contributed by atoms with Gasteiger partial charge in [0.2, 0.25) is 5.95 Å². The van der Waals surface area contributed by atoms with Crippen molar-refractivity contribution in [1.29, 1.82) is 0 Å². The van der Waals surface area contributed by atoms with Crippen LogP contribution in [-0.4, -0.2) is 44.3 Å². The fourth-order valence-electron chi connectivity index (χ4n) is 1.61. The van der Waals surface area contributed by atoms with E-state index in [0.717, 1.165) is 5.82 Å². The predicted molar refractivity (Wildman–Crippen MR) is 71.3 cm³/mol. The largest absolute Gasteiger partial charge is 0.462 e. The first-order chi connectivity index (χ1) is 9.70. The minimum Gasteiger partial charge on any atom is -0.462 e. The molecule has 0 aromatic carbocycles. The smallest absolute Gasteiger partial charge is 0.341 e. The number of esters is 1. The van der Waals surface area contributed by atoms with E-state index in [9.17, 15) is 4.79 Å². The Balaban J connectivity index is 1.93. The molecular weight excluding hydrogens is 260 g/mol. The van der Waals surface area contributed by atoms with Gasteiger partial charge in [0.25, 0.3) is 0 Å². The molecule has 2 aromatic rings. The fraction of sp³-hybridized carbons (Fsp3) is 0.417. The van der Waals surface area contributed by atoms with E-state index < -0.39 is 5.97 Å². The third kappa shape index (κ3) is 3.50. The molecule has 2 N–H and O–H groups in total. The summed E-state index contributed by atoms with van der Waals surface area (Å²) >= 11 is 0. The number of hydrogen-bond donors (Lipinski definition) is 2. The molecule has 20 heavy (non-hydrogen) atoms. The minimum absolute atomic E-state index is 0.329. The highest BCUT2D eigenvalue weighted by Gasteiger charge is 2.12. The maximum Gasteiger partial charge on any atom is 0.341 e. The molecule has 8 heteroatoms. The number of anilines is 1. The second kappa shape index (κ2) is 6.60. The van der Waals surface area contributed by atoms with Crippen molar-refractivity contribution in [2.75, 3.05) is 18.5 Å². The third-order valence-electron chi connectivity index (χ3n) is 2.58. The molecular formula is C12H16N6O2. The maximum atomic E-state index is 11.6. The number of carbonyl (C=O) groups excluding carboxylic acids is 1. The average Bonchev–Trinajstić information content (AvgIpc) is 2.92. The number of aryl methyl sites for hydroxylation is 1. The van der Waals surface area contributed by atoms with E-state index in [-0.39, 0.29) is 0 Å². The Kier molecular flexibility index (Phi) is 4.59. The van der Waals surface area contributed by atoms with Gasteiger partial charge in [0.1, 0.15) is 12.2 Å². The Labute approximate surface area is 116 Å². The highest BCUT2D eigenvalue weighted by atomic mass is 16.5. The van der Waals surface area contributed by atoms with Crippen molar-refractivity contribution in [2.24, 2.45) is 0 Å². The number of aromatic nitrogens is 5. The first-order valence-corrected chi connectivity index (χ1v) is 6.29. The molecule has 0 fully saturated rings. The van der Waals surface area contributed by atoms with E-state index in [1.165, 1.54) is 12.5 Å². The van der Waals surface area contributed by atoms with Crippen molar-refractivity contribution in [2.45, 2.75) is 20.3 Å². The molecule has 106 valence electrons. The van der Waals surface area contributed by atoms with Crippen LogP contribution in [-0.2, 0) is 11.2 Å². The van der Waals surface area contributed by atoms with Gasteiger partial charge in [-0.15, -0.1) is 0 Å². The lowest BCUT2D eigenvalue weighted by Gasteiger charge is -2.07. The van der Waals surface area contributed by atoms with Crippen molar-refractivity contribution in [3.63, 3.8) is 0 Å². The van der Waals surface area contributed by atoms with Crippen LogP contribution >= 0.6 is 0 Å². The van der Waals surface area contributed by atoms with Gasteiger partial charge in [0.15, 0.2) is 0 Å². The fourth-order valence-corrected chi connectivity index (χ4v) is 1.61. The van der Waals surface area contributed by atoms with E-state index in [0.29, 0.717) is 36.8 Å². The van der Waals surface area contributed by atoms with Gasteiger partial charge in [-0.05, 0) is 13.8 Å². The number of hydrogen-bond acceptors (Lipinski definition) is 7. The summed E-state index contributed by atoms with van der Waals surface area (Å²) in [4.78, 5) is 23.9. The van der Waals surface area contributed by atoms with Crippen molar-refractivity contribution < 1.29 is 9.53 Å². The average molecular weight is 276 g/mol. The zero-order valence-electron chi connectivity index (χ0n) is 11.4. The molecule has 2 rings (SSSR count). The summed E-state index contributed by atoms with van der Waals surface area (Å²) in [6.07, 6.45) is 3.61. The summed E-state index contributed by atoms with van der Waals surface area (Å²) in [5, 5.41) is 9.59. The van der Waals surface area contributed by atoms with E-state index in [2.05, 4.69) is 30.5 Å². The second-order valence-electron chi connectivity index (χ2n) is 4.02. The molecule has 2 aromatic heterocycles. The Hall–Kier alpha value is -2.51. The Bertz CT molecular complexity index is 569. The number of carbonyl (C=O) groups is 1. The summed E-state index contributed by atoms with van der Waals surface area (Å²) < 4.78 is 4.92. The van der Waals surface area contributed by atoms with Gasteiger partial charge in [0, 0.05) is 19.2 Å². The molecule has 2 heterocycles. The Morgan fingerprint density at radius 2 is 2.30 bits per heavy atom. The third-order valence-corrected chi connectivity index (χ3v) is 2.58. The molecule has 0 unspecified atom stereocenters. The number of nitrogens with zero attached hydrogens (tertiary/aromatic N) is 4. The first-order valence-electron chi connectivity index (χ1n) is 6.29. The molecule has 0 radical (unpaired) electrons. The summed E-state index contributed by atoms with van der Waals surface area (Å²) in [6, 6.07) is 0. The number of nitrogens with one attached hydrogen (secondary N) is 2. The van der Waals surface area contributed by atoms with Gasteiger partial charge in [0.05, 0.1) is 17.9 Å². The van der Waals surface area contributed by atoms with Gasteiger partial charge in [-0.3, -0.25) is 5.10 Å². The van der Waals surface area contributed by atoms with Gasteiger partial charge < -0.3 is 10.1 Å². The molecule has 0 saturated carbocycles. The van der Waals surface area contributed by atoms with Crippen molar-refractivity contribution in [3.05, 3.63) is 29.6 Å². The van der Waals surface area contributed by atoms with Crippen molar-refractivity contribution in [1.82, 2.24) is 25.1 Å². The number of H-pyrrole nitrogens is 1. The highest BCUT2D eigenvalue weighted by molar-refractivity contribution is 5.90. The molecule has 0 bridgehead atoms. The normalized spacial score (nSPS) is 10.3. The van der Waals surface area contributed by atoms with Crippen LogP contribution in [0.2, 0.25) is 0 Å². The van der Waals surface area contributed by atoms with Gasteiger partial charge in [-0.2, -0.15) is 5.10 Å². The molecule has 0 atom stereocenters. The van der Waals surface area contributed by atoms with Crippen LogP contribution in [0.3, 0.4) is 0 Å². The van der Waals surface area contributed by atoms with Crippen LogP contribution in [0.15, 0.2) is 12.5 Å². The molecule has 0 aliphatic rings. The van der Waals surface area contributed by atoms with Gasteiger partial charge in [-0.25, -0.2) is 19.7 Å². The Morgan fingerprint density at radius 1 is 1.45 bits per heavy atom. The lowest BCUT2D eigenvalue weighted by molar-refractivity contribution is 0.0524. The van der Waals surface area contributed by atoms with E-state index in [4.69, 9.17) is 4.74 Å².